The lowest BCUT2D eigenvalue weighted by Gasteiger charge is -2.35. The van der Waals surface area contributed by atoms with Gasteiger partial charge in [-0.05, 0) is 76.9 Å². The summed E-state index contributed by atoms with van der Waals surface area (Å²) in [6, 6.07) is 6.75. The lowest BCUT2D eigenvalue weighted by atomic mass is 10.5. The first-order chi connectivity index (χ1) is 19.0. The highest BCUT2D eigenvalue weighted by atomic mass is 28.4. The summed E-state index contributed by atoms with van der Waals surface area (Å²) in [4.78, 5) is 0. The highest BCUT2D eigenvalue weighted by Gasteiger charge is 2.34. The second-order valence-corrected chi connectivity index (χ2v) is 43.7. The molecule has 12 heteroatoms. The summed E-state index contributed by atoms with van der Waals surface area (Å²) in [7, 11) is -6.90. The normalized spacial score (nSPS) is 19.0. The van der Waals surface area contributed by atoms with E-state index >= 15 is 0 Å². The van der Waals surface area contributed by atoms with Crippen molar-refractivity contribution in [1.82, 2.24) is 0 Å². The lowest BCUT2D eigenvalue weighted by Crippen LogP contribution is -2.45. The van der Waals surface area contributed by atoms with Gasteiger partial charge in [-0.15, -0.1) is 6.58 Å². The predicted octanol–water partition coefficient (Wildman–Crippen LogP) is 8.67. The Bertz CT molecular complexity index is 714. The van der Waals surface area contributed by atoms with E-state index in [4.69, 9.17) is 27.2 Å². The fraction of sp³-hybridized carbons (Fsp3) is 0.933. The van der Waals surface area contributed by atoms with Crippen molar-refractivity contribution in [2.75, 3.05) is 39.6 Å². The Morgan fingerprint density at radius 1 is 0.667 bits per heavy atom. The van der Waals surface area contributed by atoms with E-state index in [0.717, 1.165) is 39.5 Å². The molecule has 0 N–H and O–H groups in total. The van der Waals surface area contributed by atoms with Gasteiger partial charge in [-0.2, -0.15) is 0 Å². The second kappa shape index (κ2) is 20.1. The monoisotopic (exact) mass is 696 g/mol. The number of epoxide rings is 2. The quantitative estimate of drug-likeness (QED) is 0.0550. The molecule has 2 aliphatic heterocycles. The van der Waals surface area contributed by atoms with E-state index in [0.29, 0.717) is 18.8 Å². The van der Waals surface area contributed by atoms with Gasteiger partial charge in [0.15, 0.2) is 34.0 Å². The maximum Gasteiger partial charge on any atom is 0.173 e. The van der Waals surface area contributed by atoms with E-state index < -0.39 is 50.1 Å². The molecule has 0 aromatic heterocycles. The molecule has 2 rings (SSSR count). The third-order valence-electron chi connectivity index (χ3n) is 6.78. The van der Waals surface area contributed by atoms with Crippen LogP contribution in [0.1, 0.15) is 6.42 Å². The van der Waals surface area contributed by atoms with E-state index in [1.54, 1.807) is 6.08 Å². The molecule has 0 aromatic carbocycles. The molecule has 2 fully saturated rings. The molecule has 2 heterocycles. The summed E-state index contributed by atoms with van der Waals surface area (Å²) in [5, 5.41) is 0. The summed E-state index contributed by atoms with van der Waals surface area (Å²) in [6.45, 7) is 41.9. The van der Waals surface area contributed by atoms with Crippen LogP contribution in [0.3, 0.4) is 0 Å². The summed E-state index contributed by atoms with van der Waals surface area (Å²) in [6.07, 6.45) is 3.64. The van der Waals surface area contributed by atoms with Crippen LogP contribution >= 0.6 is 0 Å². The van der Waals surface area contributed by atoms with Gasteiger partial charge < -0.3 is 27.2 Å². The van der Waals surface area contributed by atoms with E-state index in [9.17, 15) is 0 Å². The van der Waals surface area contributed by atoms with Crippen molar-refractivity contribution in [1.29, 1.82) is 0 Å². The summed E-state index contributed by atoms with van der Waals surface area (Å²) < 4.78 is 33.6. The molecular formula is C30H72O6Si6. The van der Waals surface area contributed by atoms with Crippen LogP contribution in [0.2, 0.25) is 122 Å². The first-order valence-electron chi connectivity index (χ1n) is 16.4. The zero-order valence-corrected chi connectivity index (χ0v) is 36.6. The number of ether oxygens (including phenoxy) is 4. The van der Waals surface area contributed by atoms with E-state index in [2.05, 4.69) is 98.2 Å². The van der Waals surface area contributed by atoms with E-state index in [-0.39, 0.29) is 0 Å². The zero-order chi connectivity index (χ0) is 32.7. The average molecular weight is 697 g/mol. The minimum atomic E-state index is -1.53. The predicted molar refractivity (Wildman–Crippen MR) is 200 cm³/mol. The van der Waals surface area contributed by atoms with Crippen LogP contribution in [0.4, 0.5) is 0 Å². The van der Waals surface area contributed by atoms with Crippen LogP contribution in [0.25, 0.3) is 0 Å². The summed E-state index contributed by atoms with van der Waals surface area (Å²) in [5.41, 5.74) is 0. The van der Waals surface area contributed by atoms with Crippen molar-refractivity contribution in [2.24, 2.45) is 0 Å². The second-order valence-electron chi connectivity index (χ2n) is 16.6. The Balaban J connectivity index is 0.000000676. The van der Waals surface area contributed by atoms with Crippen LogP contribution in [0, 0.1) is 0 Å². The Kier molecular flexibility index (Phi) is 20.5. The van der Waals surface area contributed by atoms with Gasteiger partial charge >= 0.3 is 0 Å². The maximum atomic E-state index is 6.68. The van der Waals surface area contributed by atoms with Gasteiger partial charge in [-0.1, -0.05) is 57.4 Å². The summed E-state index contributed by atoms with van der Waals surface area (Å²) in [5.74, 6) is 0. The number of rotatable bonds is 20. The van der Waals surface area contributed by atoms with Crippen LogP contribution in [-0.4, -0.2) is 102 Å². The van der Waals surface area contributed by atoms with E-state index in [1.807, 2.05) is 0 Å². The van der Waals surface area contributed by atoms with Gasteiger partial charge in [0.2, 0.25) is 0 Å². The SMILES string of the molecule is C=CCOCC1CO1.C[SiH](C)O[Si](C)(C)CC[Si](C)(C)C.C[Si](C)(C)CC[Si](C)(C)O[Si](C)(C)CCCOCC1CO1. The molecule has 0 spiro atoms. The largest absolute Gasteiger partial charge is 0.458 e. The Labute approximate surface area is 269 Å². The van der Waals surface area contributed by atoms with Crippen molar-refractivity contribution in [3.05, 3.63) is 12.7 Å². The third kappa shape index (κ3) is 30.8. The number of hydrogen-bond acceptors (Lipinski definition) is 6. The van der Waals surface area contributed by atoms with Gasteiger partial charge in [-0.25, -0.2) is 0 Å². The smallest absolute Gasteiger partial charge is 0.173 e. The molecule has 2 saturated heterocycles. The molecule has 2 aliphatic rings. The minimum absolute atomic E-state index is 0.384. The molecule has 2 unspecified atom stereocenters. The zero-order valence-electron chi connectivity index (χ0n) is 30.5. The third-order valence-corrected chi connectivity index (χ3v) is 24.6. The Morgan fingerprint density at radius 2 is 1.10 bits per heavy atom. The van der Waals surface area contributed by atoms with Crippen molar-refractivity contribution in [3.8, 4) is 0 Å². The Morgan fingerprint density at radius 3 is 1.50 bits per heavy atom. The fourth-order valence-corrected chi connectivity index (χ4v) is 28.5. The fourth-order valence-electron chi connectivity index (χ4n) is 4.33. The van der Waals surface area contributed by atoms with Gasteiger partial charge in [0.05, 0.1) is 33.0 Å². The van der Waals surface area contributed by atoms with E-state index in [1.165, 1.54) is 30.2 Å². The molecule has 0 bridgehead atoms. The van der Waals surface area contributed by atoms with Crippen molar-refractivity contribution in [2.45, 2.75) is 141 Å². The van der Waals surface area contributed by atoms with Gasteiger partial charge in [0, 0.05) is 22.8 Å². The molecule has 42 heavy (non-hydrogen) atoms. The Hall–Kier alpha value is 0.801. The molecule has 6 nitrogen and oxygen atoms in total. The van der Waals surface area contributed by atoms with Gasteiger partial charge in [-0.3, -0.25) is 0 Å². The molecule has 0 radical (unpaired) electrons. The summed E-state index contributed by atoms with van der Waals surface area (Å²) >= 11 is 0. The first kappa shape index (κ1) is 42.8. The molecular weight excluding hydrogens is 625 g/mol. The molecule has 0 saturated carbocycles. The van der Waals surface area contributed by atoms with Crippen molar-refractivity contribution in [3.63, 3.8) is 0 Å². The maximum absolute atomic E-state index is 6.68. The standard InChI is InChI=1S/C15H36O3Si3.C9H26OSi3.C6H10O2/c1-19(2,3)11-12-21(6,7)18-20(4,5)10-8-9-16-13-15-14-17-15;1-11(2)10-13(6,7)9-8-12(3,4)5;1-2-3-7-4-6-5-8-6/h15H,8-14H2,1-7H3;11H,8-9H2,1-7H3;2,6H,1,3-5H2. The lowest BCUT2D eigenvalue weighted by molar-refractivity contribution is 0.116. The van der Waals surface area contributed by atoms with Crippen molar-refractivity contribution >= 4 is 50.1 Å². The van der Waals surface area contributed by atoms with Gasteiger partial charge in [0.25, 0.3) is 0 Å². The van der Waals surface area contributed by atoms with Crippen LogP contribution < -0.4 is 0 Å². The van der Waals surface area contributed by atoms with Crippen LogP contribution in [0.5, 0.6) is 0 Å². The molecule has 252 valence electrons. The van der Waals surface area contributed by atoms with Gasteiger partial charge in [0.1, 0.15) is 12.2 Å². The average Bonchev–Trinajstić information content (AvgIpc) is 3.71. The number of hydrogen-bond donors (Lipinski definition) is 0. The molecule has 0 aromatic rings. The highest BCUT2D eigenvalue weighted by Crippen LogP contribution is 2.27. The highest BCUT2D eigenvalue weighted by molar-refractivity contribution is 6.86. The molecule has 2 atom stereocenters. The minimum Gasteiger partial charge on any atom is -0.458 e. The molecule has 0 aliphatic carbocycles. The van der Waals surface area contributed by atoms with Crippen molar-refractivity contribution < 1.29 is 27.2 Å². The molecule has 0 amide bonds. The van der Waals surface area contributed by atoms with Crippen LogP contribution in [0.15, 0.2) is 12.7 Å². The first-order valence-corrected chi connectivity index (χ1v) is 36.0. The topological polar surface area (TPSA) is 62.0 Å². The van der Waals surface area contributed by atoms with Crippen LogP contribution in [-0.2, 0) is 27.2 Å².